The fraction of sp³-hybridized carbons (Fsp3) is 0.333. The minimum atomic E-state index is -4.13. The Balaban J connectivity index is 2.04. The van der Waals surface area contributed by atoms with E-state index in [1.165, 1.54) is 17.0 Å². The number of amides is 2. The third-order valence-corrected chi connectivity index (χ3v) is 8.60. The van der Waals surface area contributed by atoms with Crippen molar-refractivity contribution in [3.63, 3.8) is 0 Å². The first-order valence-electron chi connectivity index (χ1n) is 13.0. The molecular formula is C30H36ClN3O4S. The summed E-state index contributed by atoms with van der Waals surface area (Å²) < 4.78 is 28.9. The van der Waals surface area contributed by atoms with Gasteiger partial charge in [-0.15, -0.1) is 0 Å². The van der Waals surface area contributed by atoms with Crippen molar-refractivity contribution in [3.8, 4) is 0 Å². The highest BCUT2D eigenvalue weighted by Crippen LogP contribution is 2.31. The summed E-state index contributed by atoms with van der Waals surface area (Å²) in [6.45, 7) is 7.04. The molecule has 0 aromatic heterocycles. The van der Waals surface area contributed by atoms with Gasteiger partial charge in [0, 0.05) is 17.6 Å². The average molecular weight is 570 g/mol. The van der Waals surface area contributed by atoms with Crippen LogP contribution in [0.3, 0.4) is 0 Å². The van der Waals surface area contributed by atoms with Crippen LogP contribution in [0, 0.1) is 6.92 Å². The van der Waals surface area contributed by atoms with Crippen molar-refractivity contribution in [2.45, 2.75) is 57.5 Å². The van der Waals surface area contributed by atoms with Gasteiger partial charge in [0.25, 0.3) is 10.0 Å². The maximum Gasteiger partial charge on any atom is 0.264 e. The van der Waals surface area contributed by atoms with Crippen molar-refractivity contribution in [3.05, 3.63) is 95.0 Å². The number of halogens is 1. The molecule has 3 aromatic rings. The number of anilines is 1. The second-order valence-electron chi connectivity index (χ2n) is 9.62. The van der Waals surface area contributed by atoms with Crippen LogP contribution in [0.1, 0.15) is 38.3 Å². The van der Waals surface area contributed by atoms with E-state index in [1.54, 1.807) is 43.3 Å². The van der Waals surface area contributed by atoms with Crippen molar-refractivity contribution in [2.75, 3.05) is 17.4 Å². The lowest BCUT2D eigenvalue weighted by atomic mass is 10.1. The molecule has 0 bridgehead atoms. The summed E-state index contributed by atoms with van der Waals surface area (Å²) in [5.74, 6) is -0.749. The molecule has 1 atom stereocenters. The maximum atomic E-state index is 14.0. The van der Waals surface area contributed by atoms with Crippen molar-refractivity contribution in [1.29, 1.82) is 0 Å². The highest BCUT2D eigenvalue weighted by atomic mass is 35.5. The molecule has 3 rings (SSSR count). The van der Waals surface area contributed by atoms with E-state index in [9.17, 15) is 18.0 Å². The van der Waals surface area contributed by atoms with Crippen molar-refractivity contribution in [2.24, 2.45) is 0 Å². The van der Waals surface area contributed by atoms with Gasteiger partial charge in [0.15, 0.2) is 0 Å². The molecule has 208 valence electrons. The first-order valence-corrected chi connectivity index (χ1v) is 14.8. The van der Waals surface area contributed by atoms with Crippen molar-refractivity contribution in [1.82, 2.24) is 10.2 Å². The molecule has 3 aromatic carbocycles. The number of sulfonamides is 1. The SMILES string of the molecule is CC[C@@H](C(=O)NC(C)C)N(CCc1ccccc1)C(=O)CN(c1cccc(Cl)c1C)S(=O)(=O)c1ccccc1. The number of nitrogens with zero attached hydrogens (tertiary/aromatic N) is 2. The Morgan fingerprint density at radius 3 is 2.13 bits per heavy atom. The average Bonchev–Trinajstić information content (AvgIpc) is 2.91. The van der Waals surface area contributed by atoms with E-state index in [2.05, 4.69) is 5.32 Å². The number of carbonyl (C=O) groups is 2. The number of hydrogen-bond acceptors (Lipinski definition) is 4. The summed E-state index contributed by atoms with van der Waals surface area (Å²) in [6, 6.07) is 21.7. The number of rotatable bonds is 12. The topological polar surface area (TPSA) is 86.8 Å². The van der Waals surface area contributed by atoms with Crippen LogP contribution in [0.15, 0.2) is 83.8 Å². The summed E-state index contributed by atoms with van der Waals surface area (Å²) in [5, 5.41) is 3.29. The molecule has 0 spiro atoms. The van der Waals surface area contributed by atoms with E-state index in [4.69, 9.17) is 11.6 Å². The Labute approximate surface area is 236 Å². The first kappa shape index (κ1) is 30.2. The molecule has 0 heterocycles. The third-order valence-electron chi connectivity index (χ3n) is 6.42. The van der Waals surface area contributed by atoms with Gasteiger partial charge in [0.1, 0.15) is 12.6 Å². The molecule has 0 saturated carbocycles. The van der Waals surface area contributed by atoms with E-state index in [1.807, 2.05) is 51.1 Å². The van der Waals surface area contributed by atoms with Crippen LogP contribution in [0.25, 0.3) is 0 Å². The molecule has 0 aliphatic heterocycles. The molecule has 0 aliphatic carbocycles. The summed E-state index contributed by atoms with van der Waals surface area (Å²) in [5.41, 5.74) is 1.85. The van der Waals surface area contributed by atoms with E-state index in [-0.39, 0.29) is 23.4 Å². The predicted octanol–water partition coefficient (Wildman–Crippen LogP) is 5.22. The van der Waals surface area contributed by atoms with Gasteiger partial charge in [-0.25, -0.2) is 8.42 Å². The fourth-order valence-corrected chi connectivity index (χ4v) is 6.04. The number of benzene rings is 3. The van der Waals surface area contributed by atoms with Gasteiger partial charge < -0.3 is 10.2 Å². The van der Waals surface area contributed by atoms with E-state index >= 15 is 0 Å². The molecule has 7 nitrogen and oxygen atoms in total. The lowest BCUT2D eigenvalue weighted by Gasteiger charge is -2.34. The molecule has 0 aliphatic rings. The number of hydrogen-bond donors (Lipinski definition) is 1. The molecule has 0 radical (unpaired) electrons. The summed E-state index contributed by atoms with van der Waals surface area (Å²) in [6.07, 6.45) is 0.889. The van der Waals surface area contributed by atoms with Crippen LogP contribution in [-0.2, 0) is 26.0 Å². The van der Waals surface area contributed by atoms with Crippen LogP contribution in [0.4, 0.5) is 5.69 Å². The van der Waals surface area contributed by atoms with Gasteiger partial charge in [-0.3, -0.25) is 13.9 Å². The summed E-state index contributed by atoms with van der Waals surface area (Å²) in [7, 11) is -4.13. The largest absolute Gasteiger partial charge is 0.352 e. The Morgan fingerprint density at radius 2 is 1.54 bits per heavy atom. The second-order valence-corrected chi connectivity index (χ2v) is 11.9. The minimum Gasteiger partial charge on any atom is -0.352 e. The van der Waals surface area contributed by atoms with E-state index in [0.717, 1.165) is 9.87 Å². The van der Waals surface area contributed by atoms with Crippen molar-refractivity contribution < 1.29 is 18.0 Å². The van der Waals surface area contributed by atoms with Crippen LogP contribution in [-0.4, -0.2) is 50.3 Å². The van der Waals surface area contributed by atoms with Crippen LogP contribution in [0.5, 0.6) is 0 Å². The standard InChI is InChI=1S/C30H36ClN3O4S/c1-5-27(30(36)32-22(2)3)33(20-19-24-13-8-6-9-14-24)29(35)21-34(28-18-12-17-26(31)23(28)4)39(37,38)25-15-10-7-11-16-25/h6-18,22,27H,5,19-21H2,1-4H3,(H,32,36)/t27-/m0/s1. The quantitative estimate of drug-likeness (QED) is 0.324. The van der Waals surface area contributed by atoms with Crippen LogP contribution >= 0.6 is 11.6 Å². The Hall–Kier alpha value is -3.36. The maximum absolute atomic E-state index is 14.0. The number of carbonyl (C=O) groups excluding carboxylic acids is 2. The molecule has 0 fully saturated rings. The Bertz CT molecular complexity index is 1370. The lowest BCUT2D eigenvalue weighted by molar-refractivity contribution is -0.139. The molecule has 9 heteroatoms. The smallest absolute Gasteiger partial charge is 0.264 e. The van der Waals surface area contributed by atoms with Crippen LogP contribution < -0.4 is 9.62 Å². The van der Waals surface area contributed by atoms with Gasteiger partial charge in [0.2, 0.25) is 11.8 Å². The van der Waals surface area contributed by atoms with E-state index in [0.29, 0.717) is 29.1 Å². The highest BCUT2D eigenvalue weighted by Gasteiger charge is 2.34. The molecule has 1 N–H and O–H groups in total. The Morgan fingerprint density at radius 1 is 0.923 bits per heavy atom. The second kappa shape index (κ2) is 13.6. The molecule has 39 heavy (non-hydrogen) atoms. The predicted molar refractivity (Wildman–Crippen MR) is 156 cm³/mol. The van der Waals surface area contributed by atoms with Crippen LogP contribution in [0.2, 0.25) is 5.02 Å². The van der Waals surface area contributed by atoms with Gasteiger partial charge >= 0.3 is 0 Å². The zero-order valence-corrected chi connectivity index (χ0v) is 24.4. The molecule has 0 unspecified atom stereocenters. The molecule has 2 amide bonds. The van der Waals surface area contributed by atoms with E-state index < -0.39 is 28.5 Å². The normalized spacial score (nSPS) is 12.2. The number of nitrogens with one attached hydrogen (secondary N) is 1. The first-order chi connectivity index (χ1) is 18.6. The third kappa shape index (κ3) is 7.61. The van der Waals surface area contributed by atoms with Gasteiger partial charge in [-0.2, -0.15) is 0 Å². The summed E-state index contributed by atoms with van der Waals surface area (Å²) >= 11 is 6.36. The summed E-state index contributed by atoms with van der Waals surface area (Å²) in [4.78, 5) is 28.7. The fourth-order valence-electron chi connectivity index (χ4n) is 4.38. The zero-order chi connectivity index (χ0) is 28.6. The van der Waals surface area contributed by atoms with Gasteiger partial charge in [-0.05, 0) is 69.0 Å². The molecule has 0 saturated heterocycles. The molecular weight excluding hydrogens is 534 g/mol. The Kier molecular flexibility index (Phi) is 10.5. The monoisotopic (exact) mass is 569 g/mol. The lowest BCUT2D eigenvalue weighted by Crippen LogP contribution is -2.54. The van der Waals surface area contributed by atoms with Crippen molar-refractivity contribution >= 4 is 39.1 Å². The van der Waals surface area contributed by atoms with Gasteiger partial charge in [-0.1, -0.05) is 73.1 Å². The minimum absolute atomic E-state index is 0.0533. The zero-order valence-electron chi connectivity index (χ0n) is 22.8. The highest BCUT2D eigenvalue weighted by molar-refractivity contribution is 7.92. The van der Waals surface area contributed by atoms with Gasteiger partial charge in [0.05, 0.1) is 10.6 Å².